The van der Waals surface area contributed by atoms with E-state index in [9.17, 15) is 0 Å². The van der Waals surface area contributed by atoms with Crippen LogP contribution in [0, 0.1) is 0 Å². The van der Waals surface area contributed by atoms with Gasteiger partial charge in [0.05, 0.1) is 6.61 Å². The minimum atomic E-state index is 0.533. The Morgan fingerprint density at radius 2 is 1.89 bits per heavy atom. The van der Waals surface area contributed by atoms with Crippen molar-refractivity contribution in [1.82, 2.24) is 4.90 Å². The fourth-order valence-corrected chi connectivity index (χ4v) is 2.60. The molecule has 0 radical (unpaired) electrons. The van der Waals surface area contributed by atoms with Crippen LogP contribution >= 0.6 is 15.9 Å². The summed E-state index contributed by atoms with van der Waals surface area (Å²) in [5.41, 5.74) is 1.40. The molecule has 0 saturated heterocycles. The van der Waals surface area contributed by atoms with Crippen LogP contribution in [0.15, 0.2) is 30.3 Å². The van der Waals surface area contributed by atoms with E-state index in [4.69, 9.17) is 4.74 Å². The Labute approximate surface area is 119 Å². The molecule has 0 aromatic heterocycles. The molecule has 0 saturated carbocycles. The van der Waals surface area contributed by atoms with Crippen molar-refractivity contribution in [2.24, 2.45) is 0 Å². The van der Waals surface area contributed by atoms with Crippen molar-refractivity contribution >= 4 is 15.9 Å². The molecule has 3 heteroatoms. The largest absolute Gasteiger partial charge is 0.383 e. The summed E-state index contributed by atoms with van der Waals surface area (Å²) in [5, 5.41) is 0.993. The summed E-state index contributed by atoms with van der Waals surface area (Å²) in [6, 6.07) is 11.3. The lowest BCUT2D eigenvalue weighted by molar-refractivity contribution is 0.126. The van der Waals surface area contributed by atoms with Gasteiger partial charge in [-0.2, -0.15) is 0 Å². The fraction of sp³-hybridized carbons (Fsp3) is 0.600. The molecule has 0 amide bonds. The van der Waals surface area contributed by atoms with Crippen molar-refractivity contribution in [1.29, 1.82) is 0 Å². The Morgan fingerprint density at radius 1 is 1.22 bits per heavy atom. The predicted molar refractivity (Wildman–Crippen MR) is 81.6 cm³/mol. The highest BCUT2D eigenvalue weighted by atomic mass is 79.9. The first-order chi connectivity index (χ1) is 8.69. The highest BCUT2D eigenvalue weighted by Gasteiger charge is 2.17. The summed E-state index contributed by atoms with van der Waals surface area (Å²) in [7, 11) is 1.76. The average molecular weight is 314 g/mol. The summed E-state index contributed by atoms with van der Waals surface area (Å²) in [6.07, 6.45) is 0. The van der Waals surface area contributed by atoms with Crippen LogP contribution in [0.4, 0.5) is 0 Å². The average Bonchev–Trinajstić information content (AvgIpc) is 2.39. The molecular formula is C15H24BrNO. The lowest BCUT2D eigenvalue weighted by Crippen LogP contribution is -2.37. The van der Waals surface area contributed by atoms with E-state index in [0.717, 1.165) is 25.0 Å². The Kier molecular flexibility index (Phi) is 7.56. The van der Waals surface area contributed by atoms with Crippen LogP contribution in [0.5, 0.6) is 0 Å². The molecule has 2 nitrogen and oxygen atoms in total. The summed E-state index contributed by atoms with van der Waals surface area (Å²) >= 11 is 3.64. The Hall–Kier alpha value is -0.380. The number of rotatable bonds is 8. The van der Waals surface area contributed by atoms with Gasteiger partial charge in [0, 0.05) is 37.5 Å². The lowest BCUT2D eigenvalue weighted by atomic mass is 10.00. The van der Waals surface area contributed by atoms with E-state index in [-0.39, 0.29) is 0 Å². The molecule has 1 rings (SSSR count). The van der Waals surface area contributed by atoms with Gasteiger partial charge in [-0.25, -0.2) is 0 Å². The summed E-state index contributed by atoms with van der Waals surface area (Å²) in [6.45, 7) is 7.33. The lowest BCUT2D eigenvalue weighted by Gasteiger charge is -2.30. The van der Waals surface area contributed by atoms with Crippen LogP contribution in [0.2, 0.25) is 0 Å². The molecule has 0 N–H and O–H groups in total. The molecule has 0 heterocycles. The van der Waals surface area contributed by atoms with Crippen molar-refractivity contribution in [3.63, 3.8) is 0 Å². The van der Waals surface area contributed by atoms with E-state index in [0.29, 0.717) is 12.0 Å². The van der Waals surface area contributed by atoms with Gasteiger partial charge in [0.25, 0.3) is 0 Å². The molecule has 18 heavy (non-hydrogen) atoms. The molecule has 0 spiro atoms. The van der Waals surface area contributed by atoms with Crippen LogP contribution in [0.3, 0.4) is 0 Å². The maximum atomic E-state index is 5.19. The molecular weight excluding hydrogens is 290 g/mol. The summed E-state index contributed by atoms with van der Waals surface area (Å²) < 4.78 is 5.19. The number of halogens is 1. The first kappa shape index (κ1) is 15.7. The van der Waals surface area contributed by atoms with Gasteiger partial charge >= 0.3 is 0 Å². The third-order valence-electron chi connectivity index (χ3n) is 3.23. The quantitative estimate of drug-likeness (QED) is 0.681. The molecule has 1 atom stereocenters. The van der Waals surface area contributed by atoms with Gasteiger partial charge < -0.3 is 4.74 Å². The van der Waals surface area contributed by atoms with Crippen LogP contribution < -0.4 is 0 Å². The number of nitrogens with zero attached hydrogens (tertiary/aromatic N) is 1. The Morgan fingerprint density at radius 3 is 2.39 bits per heavy atom. The second-order valence-corrected chi connectivity index (χ2v) is 5.49. The van der Waals surface area contributed by atoms with Crippen LogP contribution in [-0.2, 0) is 4.74 Å². The number of ether oxygens (including phenoxy) is 1. The minimum absolute atomic E-state index is 0.533. The minimum Gasteiger partial charge on any atom is -0.383 e. The third-order valence-corrected chi connectivity index (χ3v) is 4.01. The molecule has 0 aliphatic carbocycles. The topological polar surface area (TPSA) is 12.5 Å². The van der Waals surface area contributed by atoms with E-state index >= 15 is 0 Å². The predicted octanol–water partition coefficient (Wildman–Crippen LogP) is 3.52. The zero-order chi connectivity index (χ0) is 13.4. The van der Waals surface area contributed by atoms with Crippen molar-refractivity contribution < 1.29 is 4.74 Å². The van der Waals surface area contributed by atoms with Crippen molar-refractivity contribution in [2.75, 3.05) is 32.1 Å². The standard InChI is InChI=1S/C15H24BrNO/c1-13(2)17(9-10-18-3)12-15(11-16)14-7-5-4-6-8-14/h4-8,13,15H,9-12H2,1-3H3. The third kappa shape index (κ3) is 5.09. The van der Waals surface area contributed by atoms with Gasteiger partial charge in [-0.05, 0) is 19.4 Å². The van der Waals surface area contributed by atoms with Gasteiger partial charge in [0.15, 0.2) is 0 Å². The molecule has 1 unspecified atom stereocenters. The number of benzene rings is 1. The zero-order valence-corrected chi connectivity index (χ0v) is 13.2. The maximum absolute atomic E-state index is 5.19. The van der Waals surface area contributed by atoms with Gasteiger partial charge in [-0.3, -0.25) is 4.90 Å². The molecule has 0 fully saturated rings. The van der Waals surface area contributed by atoms with Gasteiger partial charge in [-0.15, -0.1) is 0 Å². The molecule has 102 valence electrons. The molecule has 0 aliphatic rings. The normalized spacial score (nSPS) is 13.2. The smallest absolute Gasteiger partial charge is 0.0589 e. The maximum Gasteiger partial charge on any atom is 0.0589 e. The van der Waals surface area contributed by atoms with Crippen LogP contribution in [0.25, 0.3) is 0 Å². The number of alkyl halides is 1. The molecule has 1 aromatic rings. The van der Waals surface area contributed by atoms with E-state index in [1.165, 1.54) is 5.56 Å². The van der Waals surface area contributed by atoms with Gasteiger partial charge in [-0.1, -0.05) is 46.3 Å². The van der Waals surface area contributed by atoms with E-state index in [2.05, 4.69) is 65.0 Å². The van der Waals surface area contributed by atoms with E-state index in [1.54, 1.807) is 7.11 Å². The highest BCUT2D eigenvalue weighted by Crippen LogP contribution is 2.20. The molecule has 0 aliphatic heterocycles. The van der Waals surface area contributed by atoms with Crippen LogP contribution in [-0.4, -0.2) is 43.1 Å². The van der Waals surface area contributed by atoms with E-state index < -0.39 is 0 Å². The van der Waals surface area contributed by atoms with Gasteiger partial charge in [0.2, 0.25) is 0 Å². The second-order valence-electron chi connectivity index (χ2n) is 4.84. The zero-order valence-electron chi connectivity index (χ0n) is 11.6. The van der Waals surface area contributed by atoms with E-state index in [1.807, 2.05) is 0 Å². The number of hydrogen-bond donors (Lipinski definition) is 0. The van der Waals surface area contributed by atoms with Crippen molar-refractivity contribution in [3.05, 3.63) is 35.9 Å². The van der Waals surface area contributed by atoms with Crippen molar-refractivity contribution in [2.45, 2.75) is 25.8 Å². The fourth-order valence-electron chi connectivity index (χ4n) is 2.02. The number of hydrogen-bond acceptors (Lipinski definition) is 2. The van der Waals surface area contributed by atoms with Crippen LogP contribution in [0.1, 0.15) is 25.3 Å². The second kappa shape index (κ2) is 8.68. The first-order valence-corrected chi connectivity index (χ1v) is 7.65. The summed E-state index contributed by atoms with van der Waals surface area (Å²) in [4.78, 5) is 2.47. The van der Waals surface area contributed by atoms with Gasteiger partial charge in [0.1, 0.15) is 0 Å². The molecule has 0 bridgehead atoms. The Bertz CT molecular complexity index is 316. The monoisotopic (exact) mass is 313 g/mol. The first-order valence-electron chi connectivity index (χ1n) is 6.53. The highest BCUT2D eigenvalue weighted by molar-refractivity contribution is 9.09. The Balaban J connectivity index is 2.65. The molecule has 1 aromatic carbocycles. The number of methoxy groups -OCH3 is 1. The SMILES string of the molecule is COCCN(CC(CBr)c1ccccc1)C(C)C. The van der Waals surface area contributed by atoms with Crippen molar-refractivity contribution in [3.8, 4) is 0 Å². The summed E-state index contributed by atoms with van der Waals surface area (Å²) in [5.74, 6) is 0.533.